The van der Waals surface area contributed by atoms with Gasteiger partial charge in [0.2, 0.25) is 0 Å². The molecule has 0 spiro atoms. The molecule has 1 aromatic carbocycles. The van der Waals surface area contributed by atoms with Crippen LogP contribution in [-0.2, 0) is 13.1 Å². The van der Waals surface area contributed by atoms with E-state index in [9.17, 15) is 4.39 Å². The van der Waals surface area contributed by atoms with Gasteiger partial charge in [0.05, 0.1) is 13.1 Å². The van der Waals surface area contributed by atoms with E-state index in [0.717, 1.165) is 11.2 Å². The molecular weight excluding hydrogens is 243 g/mol. The van der Waals surface area contributed by atoms with Crippen molar-refractivity contribution in [1.29, 1.82) is 0 Å². The average molecular weight is 256 g/mol. The van der Waals surface area contributed by atoms with Crippen LogP contribution in [-0.4, -0.2) is 14.5 Å². The lowest BCUT2D eigenvalue weighted by atomic mass is 10.2. The largest absolute Gasteiger partial charge is 0.324 e. The Hall–Kier alpha value is -2.27. The van der Waals surface area contributed by atoms with Crippen molar-refractivity contribution in [3.63, 3.8) is 0 Å². The van der Waals surface area contributed by atoms with E-state index in [1.807, 2.05) is 22.8 Å². The standard InChI is InChI=1S/C14H13FN4/c15-11-5-2-1-4-10(11)9-19-13(8-16)18-12-6-3-7-17-14(12)19/h1-7H,8-9,16H2. The second kappa shape index (κ2) is 4.78. The van der Waals surface area contributed by atoms with Crippen molar-refractivity contribution in [2.45, 2.75) is 13.1 Å². The quantitative estimate of drug-likeness (QED) is 0.780. The normalized spacial score (nSPS) is 11.1. The fourth-order valence-electron chi connectivity index (χ4n) is 2.12. The van der Waals surface area contributed by atoms with Gasteiger partial charge in [-0.15, -0.1) is 0 Å². The van der Waals surface area contributed by atoms with Crippen molar-refractivity contribution in [2.75, 3.05) is 0 Å². The van der Waals surface area contributed by atoms with Crippen molar-refractivity contribution in [3.05, 3.63) is 59.8 Å². The molecule has 3 rings (SSSR count). The van der Waals surface area contributed by atoms with Crippen LogP contribution in [0.25, 0.3) is 11.2 Å². The highest BCUT2D eigenvalue weighted by Gasteiger charge is 2.12. The zero-order valence-electron chi connectivity index (χ0n) is 10.3. The highest BCUT2D eigenvalue weighted by atomic mass is 19.1. The minimum Gasteiger partial charge on any atom is -0.324 e. The summed E-state index contributed by atoms with van der Waals surface area (Å²) >= 11 is 0. The second-order valence-electron chi connectivity index (χ2n) is 4.26. The summed E-state index contributed by atoms with van der Waals surface area (Å²) < 4.78 is 15.6. The number of hydrogen-bond acceptors (Lipinski definition) is 3. The van der Waals surface area contributed by atoms with Crippen molar-refractivity contribution < 1.29 is 4.39 Å². The van der Waals surface area contributed by atoms with E-state index >= 15 is 0 Å². The lowest BCUT2D eigenvalue weighted by Gasteiger charge is -2.08. The van der Waals surface area contributed by atoms with Crippen LogP contribution >= 0.6 is 0 Å². The number of pyridine rings is 1. The van der Waals surface area contributed by atoms with Gasteiger partial charge in [0.25, 0.3) is 0 Å². The Labute approximate surface area is 109 Å². The van der Waals surface area contributed by atoms with Gasteiger partial charge in [-0.2, -0.15) is 0 Å². The van der Waals surface area contributed by atoms with E-state index in [2.05, 4.69) is 9.97 Å². The number of imidazole rings is 1. The van der Waals surface area contributed by atoms with Crippen LogP contribution in [0.15, 0.2) is 42.6 Å². The third kappa shape index (κ3) is 2.08. The molecule has 5 heteroatoms. The molecule has 4 nitrogen and oxygen atoms in total. The third-order valence-corrected chi connectivity index (χ3v) is 3.05. The first-order chi connectivity index (χ1) is 9.29. The highest BCUT2D eigenvalue weighted by Crippen LogP contribution is 2.17. The number of nitrogens with two attached hydrogens (primary N) is 1. The van der Waals surface area contributed by atoms with E-state index < -0.39 is 0 Å². The number of benzene rings is 1. The van der Waals surface area contributed by atoms with E-state index in [1.165, 1.54) is 6.07 Å². The van der Waals surface area contributed by atoms with Gasteiger partial charge < -0.3 is 10.3 Å². The molecule has 19 heavy (non-hydrogen) atoms. The molecule has 0 unspecified atom stereocenters. The summed E-state index contributed by atoms with van der Waals surface area (Å²) in [5.41, 5.74) is 7.81. The first kappa shape index (κ1) is 11.8. The Morgan fingerprint density at radius 3 is 2.79 bits per heavy atom. The fraction of sp³-hybridized carbons (Fsp3) is 0.143. The topological polar surface area (TPSA) is 56.7 Å². The number of rotatable bonds is 3. The highest BCUT2D eigenvalue weighted by molar-refractivity contribution is 5.71. The SMILES string of the molecule is NCc1nc2cccnc2n1Cc1ccccc1F. The summed E-state index contributed by atoms with van der Waals surface area (Å²) in [4.78, 5) is 8.71. The predicted molar refractivity (Wildman–Crippen MR) is 70.9 cm³/mol. The molecule has 96 valence electrons. The molecule has 2 aromatic heterocycles. The van der Waals surface area contributed by atoms with Crippen LogP contribution in [0.5, 0.6) is 0 Å². The van der Waals surface area contributed by atoms with Crippen LogP contribution < -0.4 is 5.73 Å². The molecule has 0 amide bonds. The van der Waals surface area contributed by atoms with E-state index in [-0.39, 0.29) is 5.82 Å². The maximum Gasteiger partial charge on any atom is 0.160 e. The van der Waals surface area contributed by atoms with E-state index in [0.29, 0.717) is 24.5 Å². The van der Waals surface area contributed by atoms with Crippen LogP contribution in [0, 0.1) is 5.82 Å². The Morgan fingerprint density at radius 2 is 2.00 bits per heavy atom. The molecule has 0 saturated carbocycles. The number of aromatic nitrogens is 3. The summed E-state index contributed by atoms with van der Waals surface area (Å²) in [6.07, 6.45) is 1.70. The fourth-order valence-corrected chi connectivity index (χ4v) is 2.12. The molecule has 2 heterocycles. The minimum atomic E-state index is -0.233. The van der Waals surface area contributed by atoms with Gasteiger partial charge in [-0.25, -0.2) is 14.4 Å². The summed E-state index contributed by atoms with van der Waals surface area (Å²) in [5.74, 6) is 0.472. The molecule has 0 bridgehead atoms. The first-order valence-corrected chi connectivity index (χ1v) is 6.03. The molecule has 0 aliphatic carbocycles. The van der Waals surface area contributed by atoms with Crippen molar-refractivity contribution >= 4 is 11.2 Å². The Balaban J connectivity index is 2.12. The van der Waals surface area contributed by atoms with Gasteiger partial charge in [0.1, 0.15) is 17.2 Å². The zero-order valence-corrected chi connectivity index (χ0v) is 10.3. The lowest BCUT2D eigenvalue weighted by Crippen LogP contribution is -2.10. The van der Waals surface area contributed by atoms with Crippen LogP contribution in [0.2, 0.25) is 0 Å². The molecule has 0 radical (unpaired) electrons. The van der Waals surface area contributed by atoms with Gasteiger partial charge in [0, 0.05) is 11.8 Å². The Bertz CT molecular complexity index is 720. The lowest BCUT2D eigenvalue weighted by molar-refractivity contribution is 0.596. The van der Waals surface area contributed by atoms with Crippen LogP contribution in [0.1, 0.15) is 11.4 Å². The number of nitrogens with zero attached hydrogens (tertiary/aromatic N) is 3. The molecule has 0 saturated heterocycles. The second-order valence-corrected chi connectivity index (χ2v) is 4.26. The third-order valence-electron chi connectivity index (χ3n) is 3.05. The van der Waals surface area contributed by atoms with E-state index in [1.54, 1.807) is 18.3 Å². The molecular formula is C14H13FN4. The first-order valence-electron chi connectivity index (χ1n) is 6.03. The number of hydrogen-bond donors (Lipinski definition) is 1. The van der Waals surface area contributed by atoms with Crippen molar-refractivity contribution in [3.8, 4) is 0 Å². The molecule has 2 N–H and O–H groups in total. The monoisotopic (exact) mass is 256 g/mol. The van der Waals surface area contributed by atoms with Gasteiger partial charge in [0.15, 0.2) is 5.65 Å². The van der Waals surface area contributed by atoms with Gasteiger partial charge in [-0.3, -0.25) is 0 Å². The number of halogens is 1. The smallest absolute Gasteiger partial charge is 0.160 e. The average Bonchev–Trinajstić information content (AvgIpc) is 2.79. The van der Waals surface area contributed by atoms with Crippen LogP contribution in [0.4, 0.5) is 4.39 Å². The molecule has 3 aromatic rings. The van der Waals surface area contributed by atoms with E-state index in [4.69, 9.17) is 5.73 Å². The molecule has 0 atom stereocenters. The zero-order chi connectivity index (χ0) is 13.2. The van der Waals surface area contributed by atoms with Gasteiger partial charge >= 0.3 is 0 Å². The molecule has 0 aliphatic rings. The summed E-state index contributed by atoms with van der Waals surface area (Å²) in [6.45, 7) is 0.678. The Morgan fingerprint density at radius 1 is 1.16 bits per heavy atom. The maximum absolute atomic E-state index is 13.7. The van der Waals surface area contributed by atoms with Crippen molar-refractivity contribution in [1.82, 2.24) is 14.5 Å². The number of fused-ring (bicyclic) bond motifs is 1. The molecule has 0 fully saturated rings. The van der Waals surface area contributed by atoms with Gasteiger partial charge in [-0.1, -0.05) is 18.2 Å². The predicted octanol–water partition coefficient (Wildman–Crippen LogP) is 2.08. The summed E-state index contributed by atoms with van der Waals surface area (Å²) in [5, 5.41) is 0. The van der Waals surface area contributed by atoms with Gasteiger partial charge in [-0.05, 0) is 18.2 Å². The minimum absolute atomic E-state index is 0.233. The van der Waals surface area contributed by atoms with Crippen molar-refractivity contribution in [2.24, 2.45) is 5.73 Å². The Kier molecular flexibility index (Phi) is 2.97. The van der Waals surface area contributed by atoms with Crippen LogP contribution in [0.3, 0.4) is 0 Å². The maximum atomic E-state index is 13.7. The summed E-state index contributed by atoms with van der Waals surface area (Å²) in [7, 11) is 0. The summed E-state index contributed by atoms with van der Waals surface area (Å²) in [6, 6.07) is 10.4. The molecule has 0 aliphatic heterocycles.